The summed E-state index contributed by atoms with van der Waals surface area (Å²) in [5.41, 5.74) is 7.11. The van der Waals surface area contributed by atoms with Crippen LogP contribution in [0.3, 0.4) is 0 Å². The summed E-state index contributed by atoms with van der Waals surface area (Å²) in [5, 5.41) is 3.21. The van der Waals surface area contributed by atoms with Gasteiger partial charge in [0.15, 0.2) is 0 Å². The number of carbonyl (C=O) groups excluding carboxylic acids is 1. The molecule has 4 nitrogen and oxygen atoms in total. The fourth-order valence-electron chi connectivity index (χ4n) is 5.41. The van der Waals surface area contributed by atoms with Crippen molar-refractivity contribution >= 4 is 11.8 Å². The monoisotopic (exact) mass is 497 g/mol. The van der Waals surface area contributed by atoms with Crippen LogP contribution in [-0.2, 0) is 4.74 Å². The zero-order chi connectivity index (χ0) is 26.2. The Morgan fingerprint density at radius 1 is 0.946 bits per heavy atom. The fourth-order valence-corrected chi connectivity index (χ4v) is 5.41. The smallest absolute Gasteiger partial charge is 0.407 e. The van der Waals surface area contributed by atoms with Crippen LogP contribution in [0.1, 0.15) is 69.1 Å². The molecule has 1 aliphatic carbocycles. The van der Waals surface area contributed by atoms with Gasteiger partial charge in [0.2, 0.25) is 0 Å². The van der Waals surface area contributed by atoms with Gasteiger partial charge in [0, 0.05) is 30.7 Å². The van der Waals surface area contributed by atoms with E-state index in [1.807, 2.05) is 0 Å². The van der Waals surface area contributed by atoms with Crippen LogP contribution in [0.2, 0.25) is 0 Å². The van der Waals surface area contributed by atoms with Gasteiger partial charge >= 0.3 is 6.09 Å². The maximum absolute atomic E-state index is 13.1. The molecule has 1 N–H and O–H groups in total. The van der Waals surface area contributed by atoms with Crippen molar-refractivity contribution in [2.24, 2.45) is 5.92 Å². The summed E-state index contributed by atoms with van der Waals surface area (Å²) in [6, 6.07) is 25.2. The number of benzene rings is 3. The molecule has 1 amide bonds. The lowest BCUT2D eigenvalue weighted by Crippen LogP contribution is -2.45. The second-order valence-corrected chi connectivity index (χ2v) is 10.6. The molecule has 3 aromatic rings. The lowest BCUT2D eigenvalue weighted by atomic mass is 9.98. The van der Waals surface area contributed by atoms with Crippen LogP contribution in [0, 0.1) is 12.8 Å². The average Bonchev–Trinajstić information content (AvgIpc) is 3.21. The molecule has 0 aromatic heterocycles. The van der Waals surface area contributed by atoms with Crippen LogP contribution in [0.15, 0.2) is 72.8 Å². The molecule has 0 heterocycles. The summed E-state index contributed by atoms with van der Waals surface area (Å²) in [4.78, 5) is 15.5. The van der Waals surface area contributed by atoms with Gasteiger partial charge in [-0.15, -0.1) is 0 Å². The van der Waals surface area contributed by atoms with Crippen molar-refractivity contribution < 1.29 is 9.53 Å². The topological polar surface area (TPSA) is 41.6 Å². The number of rotatable bonds is 12. The number of amides is 1. The second kappa shape index (κ2) is 12.8. The molecule has 1 aliphatic rings. The van der Waals surface area contributed by atoms with E-state index in [1.54, 1.807) is 0 Å². The van der Waals surface area contributed by atoms with E-state index < -0.39 is 0 Å². The van der Waals surface area contributed by atoms with Crippen molar-refractivity contribution in [1.82, 2.24) is 5.32 Å². The average molecular weight is 498 g/mol. The number of unbranched alkanes of at least 4 members (excludes halogenated alkanes) is 2. The molecule has 0 fully saturated rings. The van der Waals surface area contributed by atoms with Gasteiger partial charge < -0.3 is 15.0 Å². The summed E-state index contributed by atoms with van der Waals surface area (Å²) in [6.45, 7) is 12.7. The van der Waals surface area contributed by atoms with Gasteiger partial charge in [-0.25, -0.2) is 4.79 Å². The van der Waals surface area contributed by atoms with Crippen LogP contribution in [0.4, 0.5) is 10.5 Å². The normalized spacial score (nSPS) is 13.2. The third-order valence-corrected chi connectivity index (χ3v) is 7.20. The minimum absolute atomic E-state index is 0.00305. The van der Waals surface area contributed by atoms with E-state index in [4.69, 9.17) is 4.74 Å². The van der Waals surface area contributed by atoms with Crippen LogP contribution < -0.4 is 10.2 Å². The standard InChI is InChI=1S/C33H41N2O2/c1-5-6-11-20-35(27-18-16-25(4)17-19-27)22-26(21-24(2)3)34-33(36)37-23-32-30-14-9-7-12-28(30)29-13-8-10-15-31(29)32/h7-10,12-19,24,26,32H,4-6,11,20-23H2,1-3H3,(H,34,36)/t26-/m0/s1. The van der Waals surface area contributed by atoms with E-state index in [0.717, 1.165) is 31.5 Å². The summed E-state index contributed by atoms with van der Waals surface area (Å²) < 4.78 is 5.88. The van der Waals surface area contributed by atoms with E-state index >= 15 is 0 Å². The Bertz CT molecular complexity index is 1110. The molecule has 4 heteroatoms. The highest BCUT2D eigenvalue weighted by molar-refractivity contribution is 5.79. The molecule has 0 aliphatic heterocycles. The number of anilines is 1. The van der Waals surface area contributed by atoms with Crippen molar-refractivity contribution in [3.63, 3.8) is 0 Å². The zero-order valence-electron chi connectivity index (χ0n) is 22.6. The molecule has 0 saturated carbocycles. The van der Waals surface area contributed by atoms with Crippen molar-refractivity contribution in [2.75, 3.05) is 24.6 Å². The first-order valence-electron chi connectivity index (χ1n) is 13.7. The highest BCUT2D eigenvalue weighted by Crippen LogP contribution is 2.44. The summed E-state index contributed by atoms with van der Waals surface area (Å²) in [7, 11) is 0. The Balaban J connectivity index is 1.43. The summed E-state index contributed by atoms with van der Waals surface area (Å²) >= 11 is 0. The minimum Gasteiger partial charge on any atom is -0.449 e. The van der Waals surface area contributed by atoms with Gasteiger partial charge in [0.25, 0.3) is 0 Å². The van der Waals surface area contributed by atoms with Gasteiger partial charge in [-0.1, -0.05) is 94.3 Å². The highest BCUT2D eigenvalue weighted by atomic mass is 16.5. The highest BCUT2D eigenvalue weighted by Gasteiger charge is 2.29. The molecule has 0 spiro atoms. The van der Waals surface area contributed by atoms with Crippen molar-refractivity contribution in [3.05, 3.63) is 96.4 Å². The Kier molecular flexibility index (Phi) is 9.27. The van der Waals surface area contributed by atoms with Crippen LogP contribution in [0.5, 0.6) is 0 Å². The molecule has 1 radical (unpaired) electrons. The van der Waals surface area contributed by atoms with Crippen molar-refractivity contribution in [3.8, 4) is 11.1 Å². The third-order valence-electron chi connectivity index (χ3n) is 7.20. The van der Waals surface area contributed by atoms with Gasteiger partial charge in [0.05, 0.1) is 0 Å². The van der Waals surface area contributed by atoms with Gasteiger partial charge in [-0.05, 0) is 65.6 Å². The first-order valence-corrected chi connectivity index (χ1v) is 13.7. The summed E-state index contributed by atoms with van der Waals surface area (Å²) in [5.74, 6) is 0.520. The number of fused-ring (bicyclic) bond motifs is 3. The van der Waals surface area contributed by atoms with E-state index in [2.05, 4.69) is 111 Å². The van der Waals surface area contributed by atoms with Gasteiger partial charge in [0.1, 0.15) is 6.61 Å². The largest absolute Gasteiger partial charge is 0.449 e. The van der Waals surface area contributed by atoms with Crippen LogP contribution in [-0.4, -0.2) is 31.8 Å². The Labute approximate surface area is 223 Å². The van der Waals surface area contributed by atoms with Gasteiger partial charge in [-0.2, -0.15) is 0 Å². The summed E-state index contributed by atoms with van der Waals surface area (Å²) in [6.07, 6.45) is 4.05. The van der Waals surface area contributed by atoms with Crippen LogP contribution in [0.25, 0.3) is 11.1 Å². The number of hydrogen-bond acceptors (Lipinski definition) is 3. The number of alkyl carbamates (subject to hydrolysis) is 1. The Morgan fingerprint density at radius 2 is 1.57 bits per heavy atom. The molecule has 0 bridgehead atoms. The predicted molar refractivity (Wildman–Crippen MR) is 154 cm³/mol. The van der Waals surface area contributed by atoms with E-state index in [0.29, 0.717) is 12.5 Å². The van der Waals surface area contributed by atoms with Gasteiger partial charge in [-0.3, -0.25) is 0 Å². The third kappa shape index (κ3) is 6.94. The molecule has 37 heavy (non-hydrogen) atoms. The Morgan fingerprint density at radius 3 is 2.16 bits per heavy atom. The molecule has 4 rings (SSSR count). The molecule has 195 valence electrons. The lowest BCUT2D eigenvalue weighted by Gasteiger charge is -2.31. The SMILES string of the molecule is [CH2]c1ccc(N(CCCCC)C[C@H](CC(C)C)NC(=O)OCC2c3ccccc3-c3ccccc32)cc1. The second-order valence-electron chi connectivity index (χ2n) is 10.6. The molecular weight excluding hydrogens is 456 g/mol. The van der Waals surface area contributed by atoms with Crippen molar-refractivity contribution in [1.29, 1.82) is 0 Å². The van der Waals surface area contributed by atoms with E-state index in [-0.39, 0.29) is 18.1 Å². The molecule has 1 atom stereocenters. The number of carbonyl (C=O) groups is 1. The maximum atomic E-state index is 13.1. The fraction of sp³-hybridized carbons (Fsp3) is 0.394. The maximum Gasteiger partial charge on any atom is 0.407 e. The quantitative estimate of drug-likeness (QED) is 0.259. The predicted octanol–water partition coefficient (Wildman–Crippen LogP) is 7.82. The molecular formula is C33H41N2O2. The number of nitrogens with one attached hydrogen (secondary N) is 1. The van der Waals surface area contributed by atoms with Crippen molar-refractivity contribution in [2.45, 2.75) is 58.4 Å². The zero-order valence-corrected chi connectivity index (χ0v) is 22.6. The Hall–Kier alpha value is -3.27. The minimum atomic E-state index is -0.339. The molecule has 0 unspecified atom stereocenters. The van der Waals surface area contributed by atoms with E-state index in [1.165, 1.54) is 40.8 Å². The number of hydrogen-bond donors (Lipinski definition) is 1. The first kappa shape index (κ1) is 26.8. The number of ether oxygens (including phenoxy) is 1. The molecule has 3 aromatic carbocycles. The van der Waals surface area contributed by atoms with Crippen LogP contribution >= 0.6 is 0 Å². The number of nitrogens with zero attached hydrogens (tertiary/aromatic N) is 1. The molecule has 0 saturated heterocycles. The lowest BCUT2D eigenvalue weighted by molar-refractivity contribution is 0.138. The first-order chi connectivity index (χ1) is 18.0. The van der Waals surface area contributed by atoms with E-state index in [9.17, 15) is 4.79 Å².